The predicted octanol–water partition coefficient (Wildman–Crippen LogP) is 4.48. The molecule has 1 unspecified atom stereocenters. The zero-order valence-electron chi connectivity index (χ0n) is 16.8. The first-order chi connectivity index (χ1) is 14.2. The number of rotatable bonds is 9. The first kappa shape index (κ1) is 20.4. The van der Waals surface area contributed by atoms with Crippen LogP contribution in [0.4, 0.5) is 0 Å². The molecule has 0 aliphatic heterocycles. The van der Waals surface area contributed by atoms with Gasteiger partial charge >= 0.3 is 0 Å². The Kier molecular flexibility index (Phi) is 7.22. The van der Waals surface area contributed by atoms with Gasteiger partial charge in [0.15, 0.2) is 11.5 Å². The molecule has 2 aromatic carbocycles. The van der Waals surface area contributed by atoms with E-state index < -0.39 is 0 Å². The Morgan fingerprint density at radius 2 is 1.76 bits per heavy atom. The highest BCUT2D eigenvalue weighted by atomic mass is 16.5. The van der Waals surface area contributed by atoms with Gasteiger partial charge in [0.05, 0.1) is 7.11 Å². The summed E-state index contributed by atoms with van der Waals surface area (Å²) in [7, 11) is 1.61. The Hall–Kier alpha value is -3.34. The molecule has 1 atom stereocenters. The summed E-state index contributed by atoms with van der Waals surface area (Å²) in [6.45, 7) is 2.94. The average molecular weight is 390 g/mol. The summed E-state index contributed by atoms with van der Waals surface area (Å²) in [6, 6.07) is 19.6. The fourth-order valence-electron chi connectivity index (χ4n) is 3.03. The van der Waals surface area contributed by atoms with Gasteiger partial charge in [-0.3, -0.25) is 9.78 Å². The second kappa shape index (κ2) is 10.3. The van der Waals surface area contributed by atoms with Gasteiger partial charge < -0.3 is 14.8 Å². The first-order valence-electron chi connectivity index (χ1n) is 9.66. The van der Waals surface area contributed by atoms with Gasteiger partial charge in [-0.15, -0.1) is 0 Å². The third-order valence-corrected chi connectivity index (χ3v) is 4.72. The number of amides is 1. The largest absolute Gasteiger partial charge is 0.493 e. The first-order valence-corrected chi connectivity index (χ1v) is 9.66. The summed E-state index contributed by atoms with van der Waals surface area (Å²) in [6.07, 6.45) is 3.93. The summed E-state index contributed by atoms with van der Waals surface area (Å²) in [5.41, 5.74) is 3.16. The number of methoxy groups -OCH3 is 1. The van der Waals surface area contributed by atoms with Crippen LogP contribution in [-0.4, -0.2) is 18.0 Å². The van der Waals surface area contributed by atoms with Gasteiger partial charge in [0.2, 0.25) is 5.91 Å². The van der Waals surface area contributed by atoms with Gasteiger partial charge in [-0.25, -0.2) is 0 Å². The quantitative estimate of drug-likeness (QED) is 0.585. The molecule has 0 saturated heterocycles. The zero-order valence-corrected chi connectivity index (χ0v) is 16.8. The van der Waals surface area contributed by atoms with Crippen molar-refractivity contribution in [2.24, 2.45) is 0 Å². The number of hydrogen-bond acceptors (Lipinski definition) is 4. The van der Waals surface area contributed by atoms with Crippen LogP contribution in [0.3, 0.4) is 0 Å². The second-order valence-electron chi connectivity index (χ2n) is 6.92. The van der Waals surface area contributed by atoms with Crippen LogP contribution in [0.2, 0.25) is 0 Å². The van der Waals surface area contributed by atoms with Gasteiger partial charge in [-0.1, -0.05) is 43.3 Å². The molecule has 0 saturated carbocycles. The van der Waals surface area contributed by atoms with Crippen molar-refractivity contribution in [3.8, 4) is 11.5 Å². The number of aromatic nitrogens is 1. The van der Waals surface area contributed by atoms with Gasteiger partial charge in [-0.05, 0) is 46.9 Å². The molecule has 29 heavy (non-hydrogen) atoms. The highest BCUT2D eigenvalue weighted by Crippen LogP contribution is 2.29. The van der Waals surface area contributed by atoms with E-state index in [0.717, 1.165) is 11.1 Å². The van der Waals surface area contributed by atoms with E-state index in [9.17, 15) is 4.79 Å². The standard InChI is InChI=1S/C24H26N2O3/c1-18(21-6-4-3-5-7-21)14-24(27)26-16-20-8-9-22(23(15-20)28-2)29-17-19-10-12-25-13-11-19/h3-13,15,18H,14,16-17H2,1-2H3,(H,26,27). The number of pyridine rings is 1. The van der Waals surface area contributed by atoms with Crippen LogP contribution in [0.15, 0.2) is 73.1 Å². The van der Waals surface area contributed by atoms with Gasteiger partial charge in [0.1, 0.15) is 6.61 Å². The molecule has 0 aliphatic rings. The number of nitrogens with zero attached hydrogens (tertiary/aromatic N) is 1. The number of benzene rings is 2. The van der Waals surface area contributed by atoms with Crippen molar-refractivity contribution in [2.75, 3.05) is 7.11 Å². The van der Waals surface area contributed by atoms with Crippen LogP contribution in [0.25, 0.3) is 0 Å². The number of ether oxygens (including phenoxy) is 2. The lowest BCUT2D eigenvalue weighted by atomic mass is 9.97. The van der Waals surface area contributed by atoms with Crippen LogP contribution < -0.4 is 14.8 Å². The molecular weight excluding hydrogens is 364 g/mol. The SMILES string of the molecule is COc1cc(CNC(=O)CC(C)c2ccccc2)ccc1OCc1ccncc1. The van der Waals surface area contributed by atoms with Gasteiger partial charge in [0.25, 0.3) is 0 Å². The monoisotopic (exact) mass is 390 g/mol. The molecule has 1 heterocycles. The average Bonchev–Trinajstić information content (AvgIpc) is 2.77. The Balaban J connectivity index is 1.53. The third-order valence-electron chi connectivity index (χ3n) is 4.72. The maximum atomic E-state index is 12.3. The van der Waals surface area contributed by atoms with Crippen LogP contribution in [0, 0.1) is 0 Å². The molecule has 0 fully saturated rings. The van der Waals surface area contributed by atoms with E-state index in [1.807, 2.05) is 60.7 Å². The summed E-state index contributed by atoms with van der Waals surface area (Å²) in [5.74, 6) is 1.51. The predicted molar refractivity (Wildman–Crippen MR) is 113 cm³/mol. The normalized spacial score (nSPS) is 11.5. The van der Waals surface area contributed by atoms with Gasteiger partial charge in [-0.2, -0.15) is 0 Å². The van der Waals surface area contributed by atoms with E-state index in [2.05, 4.69) is 17.2 Å². The van der Waals surface area contributed by atoms with Crippen molar-refractivity contribution in [3.05, 3.63) is 89.7 Å². The third kappa shape index (κ3) is 6.07. The number of carbonyl (C=O) groups is 1. The van der Waals surface area contributed by atoms with Crippen molar-refractivity contribution in [3.63, 3.8) is 0 Å². The minimum atomic E-state index is 0.0262. The highest BCUT2D eigenvalue weighted by Gasteiger charge is 2.12. The van der Waals surface area contributed by atoms with E-state index in [1.165, 1.54) is 5.56 Å². The van der Waals surface area contributed by atoms with E-state index in [0.29, 0.717) is 31.1 Å². The van der Waals surface area contributed by atoms with Crippen LogP contribution >= 0.6 is 0 Å². The molecule has 150 valence electrons. The van der Waals surface area contributed by atoms with Crippen LogP contribution in [0.1, 0.15) is 36.0 Å². The lowest BCUT2D eigenvalue weighted by Crippen LogP contribution is -2.24. The van der Waals surface area contributed by atoms with Crippen molar-refractivity contribution < 1.29 is 14.3 Å². The Morgan fingerprint density at radius 1 is 1.00 bits per heavy atom. The van der Waals surface area contributed by atoms with Gasteiger partial charge in [0, 0.05) is 25.4 Å². The maximum absolute atomic E-state index is 12.3. The lowest BCUT2D eigenvalue weighted by molar-refractivity contribution is -0.121. The summed E-state index contributed by atoms with van der Waals surface area (Å²) in [4.78, 5) is 16.3. The molecule has 1 N–H and O–H groups in total. The molecule has 0 bridgehead atoms. The van der Waals surface area contributed by atoms with E-state index in [4.69, 9.17) is 9.47 Å². The molecule has 1 amide bonds. The van der Waals surface area contributed by atoms with Crippen LogP contribution in [0.5, 0.6) is 11.5 Å². The molecule has 3 aromatic rings. The Labute approximate surface area is 171 Å². The smallest absolute Gasteiger partial charge is 0.220 e. The van der Waals surface area contributed by atoms with Crippen molar-refractivity contribution in [2.45, 2.75) is 32.4 Å². The molecule has 0 aliphatic carbocycles. The van der Waals surface area contributed by atoms with Crippen LogP contribution in [-0.2, 0) is 17.9 Å². The zero-order chi connectivity index (χ0) is 20.5. The molecule has 5 heteroatoms. The van der Waals surface area contributed by atoms with E-state index >= 15 is 0 Å². The molecule has 1 aromatic heterocycles. The second-order valence-corrected chi connectivity index (χ2v) is 6.92. The lowest BCUT2D eigenvalue weighted by Gasteiger charge is -2.14. The fraction of sp³-hybridized carbons (Fsp3) is 0.250. The number of nitrogens with one attached hydrogen (secondary N) is 1. The number of hydrogen-bond donors (Lipinski definition) is 1. The molecule has 0 radical (unpaired) electrons. The van der Waals surface area contributed by atoms with Crippen molar-refractivity contribution >= 4 is 5.91 Å². The summed E-state index contributed by atoms with van der Waals surface area (Å²) < 4.78 is 11.3. The topological polar surface area (TPSA) is 60.5 Å². The number of carbonyl (C=O) groups excluding carboxylic acids is 1. The Morgan fingerprint density at radius 3 is 2.48 bits per heavy atom. The molecule has 5 nitrogen and oxygen atoms in total. The maximum Gasteiger partial charge on any atom is 0.220 e. The van der Waals surface area contributed by atoms with Crippen molar-refractivity contribution in [1.29, 1.82) is 0 Å². The van der Waals surface area contributed by atoms with Crippen molar-refractivity contribution in [1.82, 2.24) is 10.3 Å². The minimum absolute atomic E-state index is 0.0262. The minimum Gasteiger partial charge on any atom is -0.493 e. The molecular formula is C24H26N2O3. The summed E-state index contributed by atoms with van der Waals surface area (Å²) >= 11 is 0. The molecule has 0 spiro atoms. The summed E-state index contributed by atoms with van der Waals surface area (Å²) in [5, 5.41) is 2.99. The van der Waals surface area contributed by atoms with E-state index in [1.54, 1.807) is 19.5 Å². The molecule has 3 rings (SSSR count). The Bertz CT molecular complexity index is 914. The fourth-order valence-corrected chi connectivity index (χ4v) is 3.03. The highest BCUT2D eigenvalue weighted by molar-refractivity contribution is 5.76. The van der Waals surface area contributed by atoms with E-state index in [-0.39, 0.29) is 11.8 Å².